The molecule has 0 amide bonds. The standard InChI is InChI=1S/C13H25N3/c1-3-15-6-8-16(9-7-15)11-12(2)10-14-13-4-5-13/h13-14H,2-11H2,1H3. The minimum absolute atomic E-state index is 0.800. The minimum atomic E-state index is 0.800. The van der Waals surface area contributed by atoms with Crippen molar-refractivity contribution in [2.45, 2.75) is 25.8 Å². The number of hydrogen-bond donors (Lipinski definition) is 1. The van der Waals surface area contributed by atoms with Crippen molar-refractivity contribution < 1.29 is 0 Å². The Kier molecular flexibility index (Phi) is 4.38. The molecule has 16 heavy (non-hydrogen) atoms. The molecule has 2 fully saturated rings. The van der Waals surface area contributed by atoms with E-state index in [1.54, 1.807) is 0 Å². The molecule has 0 atom stereocenters. The van der Waals surface area contributed by atoms with E-state index in [9.17, 15) is 0 Å². The van der Waals surface area contributed by atoms with Gasteiger partial charge in [0.05, 0.1) is 0 Å². The summed E-state index contributed by atoms with van der Waals surface area (Å²) < 4.78 is 0. The van der Waals surface area contributed by atoms with Gasteiger partial charge in [-0.3, -0.25) is 4.90 Å². The van der Waals surface area contributed by atoms with Gasteiger partial charge in [-0.1, -0.05) is 13.5 Å². The molecular weight excluding hydrogens is 198 g/mol. The van der Waals surface area contributed by atoms with E-state index in [1.165, 1.54) is 51.1 Å². The highest BCUT2D eigenvalue weighted by molar-refractivity contribution is 5.02. The molecule has 0 unspecified atom stereocenters. The molecule has 92 valence electrons. The molecule has 0 aromatic carbocycles. The predicted octanol–water partition coefficient (Wildman–Crippen LogP) is 0.932. The molecule has 0 aromatic heterocycles. The van der Waals surface area contributed by atoms with Gasteiger partial charge in [-0.25, -0.2) is 0 Å². The van der Waals surface area contributed by atoms with Crippen molar-refractivity contribution in [3.8, 4) is 0 Å². The first-order valence-corrected chi connectivity index (χ1v) is 6.62. The molecule has 2 aliphatic rings. The van der Waals surface area contributed by atoms with Crippen LogP contribution in [-0.2, 0) is 0 Å². The van der Waals surface area contributed by atoms with Gasteiger partial charge in [0.25, 0.3) is 0 Å². The molecule has 3 nitrogen and oxygen atoms in total. The van der Waals surface area contributed by atoms with Crippen LogP contribution in [0.1, 0.15) is 19.8 Å². The molecule has 3 heteroatoms. The van der Waals surface area contributed by atoms with Crippen molar-refractivity contribution in [2.24, 2.45) is 0 Å². The summed E-state index contributed by atoms with van der Waals surface area (Å²) in [5, 5.41) is 3.53. The van der Waals surface area contributed by atoms with Crippen LogP contribution in [0, 0.1) is 0 Å². The predicted molar refractivity (Wildman–Crippen MR) is 68.7 cm³/mol. The molecule has 2 rings (SSSR count). The fourth-order valence-electron chi connectivity index (χ4n) is 2.21. The zero-order valence-corrected chi connectivity index (χ0v) is 10.5. The Hall–Kier alpha value is -0.380. The first kappa shape index (κ1) is 12.1. The average Bonchev–Trinajstić information content (AvgIpc) is 3.11. The maximum absolute atomic E-state index is 4.17. The number of rotatable bonds is 6. The molecule has 1 aliphatic carbocycles. The van der Waals surface area contributed by atoms with Gasteiger partial charge in [-0.15, -0.1) is 0 Å². The van der Waals surface area contributed by atoms with E-state index in [-0.39, 0.29) is 0 Å². The highest BCUT2D eigenvalue weighted by Gasteiger charge is 2.21. The highest BCUT2D eigenvalue weighted by Crippen LogP contribution is 2.18. The van der Waals surface area contributed by atoms with Crippen LogP contribution in [0.25, 0.3) is 0 Å². The van der Waals surface area contributed by atoms with Crippen molar-refractivity contribution in [3.63, 3.8) is 0 Å². The van der Waals surface area contributed by atoms with Crippen molar-refractivity contribution in [1.82, 2.24) is 15.1 Å². The normalized spacial score (nSPS) is 23.6. The number of hydrogen-bond acceptors (Lipinski definition) is 3. The smallest absolute Gasteiger partial charge is 0.0203 e. The Bertz CT molecular complexity index is 227. The van der Waals surface area contributed by atoms with Gasteiger partial charge in [0.1, 0.15) is 0 Å². The van der Waals surface area contributed by atoms with Crippen LogP contribution in [0.2, 0.25) is 0 Å². The quantitative estimate of drug-likeness (QED) is 0.676. The lowest BCUT2D eigenvalue weighted by Crippen LogP contribution is -2.47. The van der Waals surface area contributed by atoms with E-state index in [4.69, 9.17) is 0 Å². The van der Waals surface area contributed by atoms with Gasteiger partial charge in [0, 0.05) is 45.3 Å². The van der Waals surface area contributed by atoms with Crippen LogP contribution < -0.4 is 5.32 Å². The fourth-order valence-corrected chi connectivity index (χ4v) is 2.21. The second-order valence-corrected chi connectivity index (χ2v) is 5.12. The zero-order valence-electron chi connectivity index (χ0n) is 10.5. The van der Waals surface area contributed by atoms with Gasteiger partial charge < -0.3 is 10.2 Å². The Morgan fingerprint density at radius 2 is 1.81 bits per heavy atom. The van der Waals surface area contributed by atoms with Gasteiger partial charge in [0.15, 0.2) is 0 Å². The lowest BCUT2D eigenvalue weighted by molar-refractivity contribution is 0.145. The second-order valence-electron chi connectivity index (χ2n) is 5.12. The molecule has 0 radical (unpaired) electrons. The summed E-state index contributed by atoms with van der Waals surface area (Å²) >= 11 is 0. The van der Waals surface area contributed by atoms with Crippen LogP contribution >= 0.6 is 0 Å². The van der Waals surface area contributed by atoms with E-state index in [1.807, 2.05) is 0 Å². The Balaban J connectivity index is 1.59. The number of nitrogens with zero attached hydrogens (tertiary/aromatic N) is 2. The van der Waals surface area contributed by atoms with E-state index in [2.05, 4.69) is 28.6 Å². The SMILES string of the molecule is C=C(CNC1CC1)CN1CCN(CC)CC1. The molecule has 0 bridgehead atoms. The van der Waals surface area contributed by atoms with Crippen molar-refractivity contribution in [3.05, 3.63) is 12.2 Å². The van der Waals surface area contributed by atoms with Crippen LogP contribution in [0.5, 0.6) is 0 Å². The van der Waals surface area contributed by atoms with E-state index in [0.29, 0.717) is 0 Å². The third-order valence-electron chi connectivity index (χ3n) is 3.58. The Morgan fingerprint density at radius 1 is 1.19 bits per heavy atom. The van der Waals surface area contributed by atoms with Crippen LogP contribution in [0.15, 0.2) is 12.2 Å². The van der Waals surface area contributed by atoms with Crippen LogP contribution in [0.3, 0.4) is 0 Å². The topological polar surface area (TPSA) is 18.5 Å². The zero-order chi connectivity index (χ0) is 11.4. The first-order chi connectivity index (χ1) is 7.78. The summed E-state index contributed by atoms with van der Waals surface area (Å²) in [4.78, 5) is 5.05. The summed E-state index contributed by atoms with van der Waals surface area (Å²) in [6.07, 6.45) is 2.73. The number of nitrogens with one attached hydrogen (secondary N) is 1. The number of piperazine rings is 1. The third kappa shape index (κ3) is 3.89. The van der Waals surface area contributed by atoms with E-state index < -0.39 is 0 Å². The molecule has 1 saturated heterocycles. The second kappa shape index (κ2) is 5.80. The minimum Gasteiger partial charge on any atom is -0.310 e. The third-order valence-corrected chi connectivity index (χ3v) is 3.58. The summed E-state index contributed by atoms with van der Waals surface area (Å²) in [7, 11) is 0. The lowest BCUT2D eigenvalue weighted by atomic mass is 10.2. The van der Waals surface area contributed by atoms with Crippen LogP contribution in [0.4, 0.5) is 0 Å². The Morgan fingerprint density at radius 3 is 2.38 bits per heavy atom. The molecule has 1 heterocycles. The molecule has 1 N–H and O–H groups in total. The van der Waals surface area contributed by atoms with E-state index >= 15 is 0 Å². The van der Waals surface area contributed by atoms with Crippen molar-refractivity contribution in [1.29, 1.82) is 0 Å². The summed E-state index contributed by atoms with van der Waals surface area (Å²) in [6.45, 7) is 14.6. The van der Waals surface area contributed by atoms with E-state index in [0.717, 1.165) is 19.1 Å². The average molecular weight is 223 g/mol. The fraction of sp³-hybridized carbons (Fsp3) is 0.846. The molecule has 1 saturated carbocycles. The maximum Gasteiger partial charge on any atom is 0.0203 e. The largest absolute Gasteiger partial charge is 0.310 e. The van der Waals surface area contributed by atoms with Gasteiger partial charge >= 0.3 is 0 Å². The summed E-state index contributed by atoms with van der Waals surface area (Å²) in [5.41, 5.74) is 1.34. The lowest BCUT2D eigenvalue weighted by Gasteiger charge is -2.34. The van der Waals surface area contributed by atoms with Crippen molar-refractivity contribution in [2.75, 3.05) is 45.8 Å². The summed E-state index contributed by atoms with van der Waals surface area (Å²) in [5.74, 6) is 0. The molecule has 0 spiro atoms. The number of likely N-dealkylation sites (N-methyl/N-ethyl adjacent to an activating group) is 1. The first-order valence-electron chi connectivity index (χ1n) is 6.62. The molecular formula is C13H25N3. The summed E-state index contributed by atoms with van der Waals surface area (Å²) in [6, 6.07) is 0.800. The maximum atomic E-state index is 4.17. The van der Waals surface area contributed by atoms with Crippen molar-refractivity contribution >= 4 is 0 Å². The van der Waals surface area contributed by atoms with Crippen LogP contribution in [-0.4, -0.2) is 61.7 Å². The molecule has 0 aromatic rings. The highest BCUT2D eigenvalue weighted by atomic mass is 15.3. The Labute approximate surface area is 99.5 Å². The van der Waals surface area contributed by atoms with Gasteiger partial charge in [-0.2, -0.15) is 0 Å². The van der Waals surface area contributed by atoms with Gasteiger partial charge in [-0.05, 0) is 25.0 Å². The molecule has 1 aliphatic heterocycles. The van der Waals surface area contributed by atoms with Gasteiger partial charge in [0.2, 0.25) is 0 Å². The monoisotopic (exact) mass is 223 g/mol.